The number of hydrogen-bond donors (Lipinski definition) is 0. The van der Waals surface area contributed by atoms with Gasteiger partial charge in [0.25, 0.3) is 0 Å². The molecule has 0 N–H and O–H groups in total. The molecule has 1 aliphatic rings. The van der Waals surface area contributed by atoms with E-state index in [1.807, 2.05) is 0 Å². The predicted octanol–water partition coefficient (Wildman–Crippen LogP) is 0.407. The van der Waals surface area contributed by atoms with E-state index in [9.17, 15) is 0 Å². The second-order valence-electron chi connectivity index (χ2n) is 6.29. The summed E-state index contributed by atoms with van der Waals surface area (Å²) < 4.78 is 1.51. The van der Waals surface area contributed by atoms with Crippen LogP contribution in [0.3, 0.4) is 0 Å². The molecule has 3 aromatic rings. The summed E-state index contributed by atoms with van der Waals surface area (Å²) in [5.74, 6) is 0.556. The number of allylic oxidation sites excluding steroid dienone is 4. The fourth-order valence-electron chi connectivity index (χ4n) is 2.65. The maximum Gasteiger partial charge on any atom is -0.0771 e. The van der Waals surface area contributed by atoms with Gasteiger partial charge in [0.05, 0.1) is 0 Å². The van der Waals surface area contributed by atoms with E-state index >= 15 is 0 Å². The summed E-state index contributed by atoms with van der Waals surface area (Å²) in [4.78, 5) is 0. The van der Waals surface area contributed by atoms with E-state index in [-0.39, 0.29) is 24.8 Å². The molecule has 0 aliphatic heterocycles. The predicted molar refractivity (Wildman–Crippen MR) is 104 cm³/mol. The molecule has 0 amide bonds. The van der Waals surface area contributed by atoms with E-state index in [0.29, 0.717) is 5.92 Å². The summed E-state index contributed by atoms with van der Waals surface area (Å²) in [7, 11) is 0. The zero-order valence-electron chi connectivity index (χ0n) is 15.7. The number of hydrogen-bond acceptors (Lipinski definition) is 0. The van der Waals surface area contributed by atoms with E-state index in [0.717, 1.165) is 0 Å². The van der Waals surface area contributed by atoms with Crippen LogP contribution in [0.5, 0.6) is 0 Å². The van der Waals surface area contributed by atoms with Gasteiger partial charge >= 0.3 is 41.3 Å². The van der Waals surface area contributed by atoms with Crippen LogP contribution in [0.15, 0.2) is 72.3 Å². The van der Waals surface area contributed by atoms with Crippen LogP contribution >= 0.6 is 0 Å². The summed E-state index contributed by atoms with van der Waals surface area (Å²) in [5.41, 5.74) is 1.27. The molecular formula is C23H24Cl2Zr-2. The van der Waals surface area contributed by atoms with Crippen LogP contribution in [-0.2, 0) is 24.2 Å². The molecule has 1 unspecified atom stereocenters. The van der Waals surface area contributed by atoms with Gasteiger partial charge in [-0.15, -0.1) is 39.7 Å². The molecule has 0 saturated carbocycles. The van der Waals surface area contributed by atoms with Crippen LogP contribution in [0.1, 0.15) is 27.7 Å². The Morgan fingerprint density at radius 3 is 1.65 bits per heavy atom. The van der Waals surface area contributed by atoms with E-state index in [4.69, 9.17) is 0 Å². The van der Waals surface area contributed by atoms with Gasteiger partial charge in [-0.3, -0.25) is 6.08 Å². The van der Waals surface area contributed by atoms with Crippen molar-refractivity contribution >= 4 is 24.8 Å². The fourth-order valence-corrected chi connectivity index (χ4v) is 2.65. The van der Waals surface area contributed by atoms with Crippen molar-refractivity contribution in [2.75, 3.05) is 0 Å². The van der Waals surface area contributed by atoms with E-state index in [1.54, 1.807) is 24.2 Å². The van der Waals surface area contributed by atoms with Gasteiger partial charge < -0.3 is 24.8 Å². The van der Waals surface area contributed by atoms with Crippen molar-refractivity contribution in [3.63, 3.8) is 0 Å². The average molecular weight is 463 g/mol. The summed E-state index contributed by atoms with van der Waals surface area (Å²) in [6.45, 7) is 8.45. The van der Waals surface area contributed by atoms with E-state index in [1.165, 1.54) is 30.3 Å². The fraction of sp³-hybridized carbons (Fsp3) is 0.217. The molecule has 4 rings (SSSR count). The van der Waals surface area contributed by atoms with Crippen molar-refractivity contribution in [2.45, 2.75) is 27.7 Å². The zero-order chi connectivity index (χ0) is 17.5. The summed E-state index contributed by atoms with van der Waals surface area (Å²) in [5, 5.41) is 5.39. The Bertz CT molecular complexity index is 833. The van der Waals surface area contributed by atoms with Crippen molar-refractivity contribution in [2.24, 2.45) is 5.92 Å². The van der Waals surface area contributed by atoms with Gasteiger partial charge in [0.1, 0.15) is 0 Å². The molecule has 0 aromatic heterocycles. The van der Waals surface area contributed by atoms with Gasteiger partial charge in [-0.25, -0.2) is 11.6 Å². The van der Waals surface area contributed by atoms with Crippen LogP contribution in [-0.4, -0.2) is 3.21 Å². The maximum atomic E-state index is 3.22. The van der Waals surface area contributed by atoms with Crippen LogP contribution < -0.4 is 24.8 Å². The molecule has 0 radical (unpaired) electrons. The summed E-state index contributed by atoms with van der Waals surface area (Å²) in [6.07, 6.45) is 7.47. The second kappa shape index (κ2) is 12.5. The molecule has 0 spiro atoms. The number of rotatable bonds is 0. The van der Waals surface area contributed by atoms with Crippen molar-refractivity contribution in [3.05, 3.63) is 78.4 Å². The van der Waals surface area contributed by atoms with Gasteiger partial charge in [0, 0.05) is 0 Å². The molecule has 136 valence electrons. The molecule has 3 aromatic carbocycles. The Morgan fingerprint density at radius 2 is 1.35 bits per heavy atom. The SMILES string of the molecule is CC1=[C-]C(C)C=C1.C[C](C)=[Zr+2].[Cl-].[Cl-].c1ccc2c(c1)[cH-]c1ccccc12. The monoisotopic (exact) mass is 460 g/mol. The molecule has 1 aliphatic carbocycles. The first-order chi connectivity index (χ1) is 11.5. The molecule has 26 heavy (non-hydrogen) atoms. The molecule has 0 nitrogen and oxygen atoms in total. The number of fused-ring (bicyclic) bond motifs is 3. The van der Waals surface area contributed by atoms with E-state index in [2.05, 4.69) is 101 Å². The van der Waals surface area contributed by atoms with Crippen molar-refractivity contribution in [1.82, 2.24) is 0 Å². The van der Waals surface area contributed by atoms with Gasteiger partial charge in [-0.2, -0.15) is 6.08 Å². The number of benzene rings is 2. The Balaban J connectivity index is 0.000000415. The Morgan fingerprint density at radius 1 is 0.923 bits per heavy atom. The van der Waals surface area contributed by atoms with Gasteiger partial charge in [0.2, 0.25) is 0 Å². The Kier molecular flexibility index (Phi) is 12.1. The minimum atomic E-state index is 0. The zero-order valence-corrected chi connectivity index (χ0v) is 19.7. The second-order valence-corrected chi connectivity index (χ2v) is 8.75. The molecule has 0 saturated heterocycles. The average Bonchev–Trinajstić information content (AvgIpc) is 3.10. The molecule has 3 heteroatoms. The van der Waals surface area contributed by atoms with Gasteiger partial charge in [-0.05, 0) is 0 Å². The van der Waals surface area contributed by atoms with Crippen molar-refractivity contribution < 1.29 is 49.0 Å². The molecular weight excluding hydrogens is 438 g/mol. The Labute approximate surface area is 184 Å². The van der Waals surface area contributed by atoms with E-state index < -0.39 is 0 Å². The molecule has 0 heterocycles. The first-order valence-electron chi connectivity index (χ1n) is 8.30. The third kappa shape index (κ3) is 7.79. The van der Waals surface area contributed by atoms with Crippen molar-refractivity contribution in [1.29, 1.82) is 0 Å². The first-order valence-corrected chi connectivity index (χ1v) is 9.53. The number of halogens is 2. The molecule has 0 fully saturated rings. The standard InChI is InChI=1S/C13H9.C7H9.C3H6.2ClH.Zr/c1-3-7-12-10(5-1)9-11-6-2-4-8-13(11)12;1-6-3-4-7(2)5-6;1-3-2;;;/h1-9H;3-4,6H,1-2H3;1-2H3;2*1H;/q2*-1;;;;+2/p-2. The summed E-state index contributed by atoms with van der Waals surface area (Å²) in [6, 6.07) is 19.3. The quantitative estimate of drug-likeness (QED) is 0.425. The maximum absolute atomic E-state index is 3.22. The van der Waals surface area contributed by atoms with Crippen molar-refractivity contribution in [3.8, 4) is 0 Å². The third-order valence-electron chi connectivity index (χ3n) is 3.61. The van der Waals surface area contributed by atoms with Crippen LogP contribution in [0.25, 0.3) is 21.5 Å². The normalized spacial score (nSPS) is 14.2. The molecule has 0 bridgehead atoms. The minimum absolute atomic E-state index is 0. The first kappa shape index (κ1) is 25.1. The molecule has 1 atom stereocenters. The van der Waals surface area contributed by atoms with Crippen LogP contribution in [0, 0.1) is 12.0 Å². The van der Waals surface area contributed by atoms with Crippen LogP contribution in [0.2, 0.25) is 0 Å². The third-order valence-corrected chi connectivity index (χ3v) is 3.61. The summed E-state index contributed by atoms with van der Waals surface area (Å²) >= 11 is 1.55. The van der Waals surface area contributed by atoms with Gasteiger partial charge in [-0.1, -0.05) is 56.2 Å². The van der Waals surface area contributed by atoms with Gasteiger partial charge in [0.15, 0.2) is 0 Å². The topological polar surface area (TPSA) is 0 Å². The van der Waals surface area contributed by atoms with Crippen LogP contribution in [0.4, 0.5) is 0 Å². The Hall–Kier alpha value is -0.877. The minimum Gasteiger partial charge on any atom is -1.00 e. The largest absolute Gasteiger partial charge is 1.00 e. The smallest absolute Gasteiger partial charge is 0.0771 e.